The van der Waals surface area contributed by atoms with Crippen LogP contribution in [-0.4, -0.2) is 34.4 Å². The molecule has 2 aromatic rings. The molecule has 0 radical (unpaired) electrons. The summed E-state index contributed by atoms with van der Waals surface area (Å²) in [6.45, 7) is 0. The molecule has 0 atom stereocenters. The second kappa shape index (κ2) is 7.24. The van der Waals surface area contributed by atoms with Crippen LogP contribution < -0.4 is 0 Å². The molecule has 13 heteroatoms. The first-order chi connectivity index (χ1) is 12.2. The van der Waals surface area contributed by atoms with Crippen LogP contribution in [0, 0.1) is 11.6 Å². The molecular formula is C14H12F2O8S3. The van der Waals surface area contributed by atoms with E-state index < -0.39 is 74.1 Å². The van der Waals surface area contributed by atoms with Crippen molar-refractivity contribution in [2.75, 3.05) is 0 Å². The molecule has 0 fully saturated rings. The Morgan fingerprint density at radius 1 is 0.667 bits per heavy atom. The number of halogens is 2. The summed E-state index contributed by atoms with van der Waals surface area (Å²) >= 11 is 0. The molecule has 0 saturated heterocycles. The van der Waals surface area contributed by atoms with Crippen molar-refractivity contribution in [1.29, 1.82) is 0 Å². The molecular weight excluding hydrogens is 430 g/mol. The van der Waals surface area contributed by atoms with E-state index in [1.807, 2.05) is 0 Å². The standard InChI is InChI=1S/C14H12F2O8S3/c15-13-3-1-11(5-9(13)7-25(17,18)19)27(23,24)12-2-4-14(16)10(6-12)8-26(20,21)22/h1-6H,7-8H2,(H,17,18,19)(H,20,21,22). The van der Waals surface area contributed by atoms with Gasteiger partial charge in [-0.3, -0.25) is 9.11 Å². The Balaban J connectivity index is 2.56. The summed E-state index contributed by atoms with van der Waals surface area (Å²) in [5.74, 6) is -4.48. The molecule has 0 bridgehead atoms. The van der Waals surface area contributed by atoms with E-state index in [-0.39, 0.29) is 0 Å². The van der Waals surface area contributed by atoms with Gasteiger partial charge in [0.1, 0.15) is 23.1 Å². The monoisotopic (exact) mass is 442 g/mol. The fraction of sp³-hybridized carbons (Fsp3) is 0.143. The van der Waals surface area contributed by atoms with Crippen LogP contribution in [0.2, 0.25) is 0 Å². The molecule has 0 heterocycles. The molecule has 0 unspecified atom stereocenters. The first-order valence-electron chi connectivity index (χ1n) is 6.91. The van der Waals surface area contributed by atoms with Gasteiger partial charge in [-0.25, -0.2) is 17.2 Å². The minimum absolute atomic E-state index is 0.563. The minimum atomic E-state index is -4.64. The van der Waals surface area contributed by atoms with Gasteiger partial charge in [0.05, 0.1) is 9.79 Å². The van der Waals surface area contributed by atoms with Crippen molar-refractivity contribution >= 4 is 30.1 Å². The quantitative estimate of drug-likeness (QED) is 0.507. The van der Waals surface area contributed by atoms with Gasteiger partial charge in [0.25, 0.3) is 20.2 Å². The Kier molecular flexibility index (Phi) is 5.73. The molecule has 0 aliphatic heterocycles. The molecule has 0 aliphatic rings. The Labute approximate surface area is 153 Å². The normalized spacial score (nSPS) is 12.9. The molecule has 0 amide bonds. The van der Waals surface area contributed by atoms with Crippen LogP contribution in [0.3, 0.4) is 0 Å². The van der Waals surface area contributed by atoms with Crippen molar-refractivity contribution in [3.63, 3.8) is 0 Å². The summed E-state index contributed by atoms with van der Waals surface area (Å²) in [4.78, 5) is -1.13. The topological polar surface area (TPSA) is 143 Å². The second-order valence-electron chi connectivity index (χ2n) is 5.46. The van der Waals surface area contributed by atoms with Gasteiger partial charge in [0.2, 0.25) is 9.84 Å². The summed E-state index contributed by atoms with van der Waals surface area (Å²) < 4.78 is 114. The zero-order valence-electron chi connectivity index (χ0n) is 13.2. The van der Waals surface area contributed by atoms with Crippen LogP contribution >= 0.6 is 0 Å². The fourth-order valence-electron chi connectivity index (χ4n) is 2.19. The molecule has 0 spiro atoms. The van der Waals surface area contributed by atoms with E-state index in [0.717, 1.165) is 12.1 Å². The Bertz CT molecular complexity index is 1110. The highest BCUT2D eigenvalue weighted by atomic mass is 32.2. The van der Waals surface area contributed by atoms with Crippen molar-refractivity contribution in [3.8, 4) is 0 Å². The molecule has 148 valence electrons. The van der Waals surface area contributed by atoms with E-state index in [9.17, 15) is 34.0 Å². The van der Waals surface area contributed by atoms with Crippen LogP contribution in [0.25, 0.3) is 0 Å². The molecule has 2 N–H and O–H groups in total. The molecule has 0 aromatic heterocycles. The van der Waals surface area contributed by atoms with Crippen LogP contribution in [0.1, 0.15) is 11.1 Å². The zero-order chi connectivity index (χ0) is 20.6. The Morgan fingerprint density at radius 2 is 1.00 bits per heavy atom. The fourth-order valence-corrected chi connectivity index (χ4v) is 4.78. The average molecular weight is 442 g/mol. The van der Waals surface area contributed by atoms with Gasteiger partial charge in [0, 0.05) is 11.1 Å². The summed E-state index contributed by atoms with van der Waals surface area (Å²) in [6, 6.07) is 4.37. The third-order valence-electron chi connectivity index (χ3n) is 3.33. The maximum absolute atomic E-state index is 13.7. The van der Waals surface area contributed by atoms with Crippen molar-refractivity contribution in [1.82, 2.24) is 0 Å². The summed E-state index contributed by atoms with van der Waals surface area (Å²) in [5, 5.41) is 0. The molecule has 8 nitrogen and oxygen atoms in total. The maximum Gasteiger partial charge on any atom is 0.269 e. The largest absolute Gasteiger partial charge is 0.285 e. The van der Waals surface area contributed by atoms with Crippen LogP contribution in [0.5, 0.6) is 0 Å². The lowest BCUT2D eigenvalue weighted by molar-refractivity contribution is 0.478. The van der Waals surface area contributed by atoms with Gasteiger partial charge in [-0.2, -0.15) is 16.8 Å². The van der Waals surface area contributed by atoms with E-state index in [4.69, 9.17) is 9.11 Å². The predicted octanol–water partition coefficient (Wildman–Crippen LogP) is 1.57. The highest BCUT2D eigenvalue weighted by molar-refractivity contribution is 7.91. The average Bonchev–Trinajstić information content (AvgIpc) is 2.48. The lowest BCUT2D eigenvalue weighted by atomic mass is 10.2. The number of sulfone groups is 1. The highest BCUT2D eigenvalue weighted by Crippen LogP contribution is 2.26. The maximum atomic E-state index is 13.7. The third-order valence-corrected chi connectivity index (χ3v) is 6.43. The Hall–Kier alpha value is -1.93. The molecule has 0 saturated carbocycles. The van der Waals surface area contributed by atoms with Crippen LogP contribution in [0.15, 0.2) is 46.2 Å². The summed E-state index contributed by atoms with van der Waals surface area (Å²) in [5.41, 5.74) is -1.22. The van der Waals surface area contributed by atoms with E-state index in [0.29, 0.717) is 24.3 Å². The van der Waals surface area contributed by atoms with Gasteiger partial charge in [0.15, 0.2) is 0 Å². The van der Waals surface area contributed by atoms with Crippen LogP contribution in [0.4, 0.5) is 8.78 Å². The number of rotatable bonds is 6. The van der Waals surface area contributed by atoms with Gasteiger partial charge in [-0.1, -0.05) is 0 Å². The number of hydrogen-bond donors (Lipinski definition) is 2. The van der Waals surface area contributed by atoms with E-state index in [1.54, 1.807) is 0 Å². The minimum Gasteiger partial charge on any atom is -0.285 e. The Morgan fingerprint density at radius 3 is 1.30 bits per heavy atom. The molecule has 27 heavy (non-hydrogen) atoms. The van der Waals surface area contributed by atoms with E-state index >= 15 is 0 Å². The first kappa shape index (κ1) is 21.4. The highest BCUT2D eigenvalue weighted by Gasteiger charge is 2.23. The lowest BCUT2D eigenvalue weighted by Gasteiger charge is -2.09. The van der Waals surface area contributed by atoms with Gasteiger partial charge in [-0.05, 0) is 36.4 Å². The predicted molar refractivity (Wildman–Crippen MR) is 88.8 cm³/mol. The molecule has 2 rings (SSSR count). The van der Waals surface area contributed by atoms with Crippen molar-refractivity contribution in [2.24, 2.45) is 0 Å². The van der Waals surface area contributed by atoms with E-state index in [2.05, 4.69) is 0 Å². The molecule has 2 aromatic carbocycles. The third kappa shape index (κ3) is 5.52. The van der Waals surface area contributed by atoms with Gasteiger partial charge >= 0.3 is 0 Å². The van der Waals surface area contributed by atoms with Gasteiger partial charge < -0.3 is 0 Å². The summed E-state index contributed by atoms with van der Waals surface area (Å²) in [6.07, 6.45) is 0. The van der Waals surface area contributed by atoms with E-state index in [1.165, 1.54) is 0 Å². The first-order valence-corrected chi connectivity index (χ1v) is 11.6. The number of benzene rings is 2. The molecule has 0 aliphatic carbocycles. The smallest absolute Gasteiger partial charge is 0.269 e. The van der Waals surface area contributed by atoms with Crippen LogP contribution in [-0.2, 0) is 41.6 Å². The van der Waals surface area contributed by atoms with Crippen molar-refractivity contribution < 1.29 is 43.1 Å². The second-order valence-corrected chi connectivity index (χ2v) is 10.3. The zero-order valence-corrected chi connectivity index (χ0v) is 15.7. The lowest BCUT2D eigenvalue weighted by Crippen LogP contribution is -2.09. The van der Waals surface area contributed by atoms with Crippen molar-refractivity contribution in [2.45, 2.75) is 21.3 Å². The van der Waals surface area contributed by atoms with Gasteiger partial charge in [-0.15, -0.1) is 0 Å². The number of hydrogen-bond acceptors (Lipinski definition) is 6. The summed E-state index contributed by atoms with van der Waals surface area (Å²) in [7, 11) is -13.7. The van der Waals surface area contributed by atoms with Crippen molar-refractivity contribution in [3.05, 3.63) is 59.2 Å². The SMILES string of the molecule is O=S(=O)(O)Cc1cc(S(=O)(=O)c2ccc(F)c(CS(=O)(=O)O)c2)ccc1F.